The first-order valence-electron chi connectivity index (χ1n) is 14.1. The van der Waals surface area contributed by atoms with Crippen molar-refractivity contribution in [3.05, 3.63) is 71.3 Å². The van der Waals surface area contributed by atoms with Crippen molar-refractivity contribution in [3.8, 4) is 0 Å². The molecule has 3 rings (SSSR count). The highest BCUT2D eigenvalue weighted by Crippen LogP contribution is 2.18. The van der Waals surface area contributed by atoms with Gasteiger partial charge in [-0.25, -0.2) is 4.79 Å². The van der Waals surface area contributed by atoms with E-state index in [2.05, 4.69) is 29.7 Å². The van der Waals surface area contributed by atoms with E-state index < -0.39 is 5.97 Å². The summed E-state index contributed by atoms with van der Waals surface area (Å²) in [4.78, 5) is 43.8. The minimum absolute atomic E-state index is 0.0198. The van der Waals surface area contributed by atoms with Crippen molar-refractivity contribution in [2.75, 3.05) is 53.2 Å². The highest BCUT2D eigenvalue weighted by molar-refractivity contribution is 5.81. The zero-order valence-electron chi connectivity index (χ0n) is 23.5. The van der Waals surface area contributed by atoms with Crippen molar-refractivity contribution in [1.29, 1.82) is 0 Å². The summed E-state index contributed by atoms with van der Waals surface area (Å²) in [5, 5.41) is 0. The molecule has 0 saturated carbocycles. The summed E-state index contributed by atoms with van der Waals surface area (Å²) in [7, 11) is 1.60. The molecule has 1 saturated heterocycles. The molecule has 0 aromatic heterocycles. The standard InChI is InChI=1S/C31H42N2O7/c1-37-19-20-38-21-22-39-24-30(35)33-17-15-28(16-18-33)31(36)40-32-29(34)23-27-13-11-26(12-14-27)10-6-5-9-25-7-3-2-4-8-25/h2-4,7-8,11-14,28H,5-6,9-10,15-24H2,1H3,(H,32,34). The van der Waals surface area contributed by atoms with E-state index in [0.717, 1.165) is 31.2 Å². The van der Waals surface area contributed by atoms with Crippen LogP contribution in [0, 0.1) is 5.92 Å². The smallest absolute Gasteiger partial charge is 0.335 e. The lowest BCUT2D eigenvalue weighted by molar-refractivity contribution is -0.164. The second-order valence-electron chi connectivity index (χ2n) is 9.95. The number of hydrogen-bond donors (Lipinski definition) is 1. The first-order valence-corrected chi connectivity index (χ1v) is 14.1. The topological polar surface area (TPSA) is 103 Å². The Kier molecular flexibility index (Phi) is 14.2. The molecule has 218 valence electrons. The lowest BCUT2D eigenvalue weighted by atomic mass is 9.97. The molecule has 0 unspecified atom stereocenters. The van der Waals surface area contributed by atoms with Gasteiger partial charge in [0.25, 0.3) is 5.91 Å². The molecule has 0 bridgehead atoms. The van der Waals surface area contributed by atoms with Crippen molar-refractivity contribution in [1.82, 2.24) is 10.4 Å². The number of nitrogens with one attached hydrogen (secondary N) is 1. The Morgan fingerprint density at radius 1 is 0.800 bits per heavy atom. The van der Waals surface area contributed by atoms with Crippen LogP contribution in [0.3, 0.4) is 0 Å². The average molecular weight is 555 g/mol. The predicted molar refractivity (Wildman–Crippen MR) is 150 cm³/mol. The Hall–Kier alpha value is -3.27. The number of benzene rings is 2. The maximum absolute atomic E-state index is 12.4. The molecule has 1 aliphatic heterocycles. The van der Waals surface area contributed by atoms with E-state index in [0.29, 0.717) is 52.4 Å². The van der Waals surface area contributed by atoms with Crippen LogP contribution >= 0.6 is 0 Å². The number of unbranched alkanes of at least 4 members (excludes halogenated alkanes) is 1. The highest BCUT2D eigenvalue weighted by atomic mass is 16.7. The Morgan fingerprint density at radius 3 is 2.08 bits per heavy atom. The molecule has 1 fully saturated rings. The van der Waals surface area contributed by atoms with Crippen molar-refractivity contribution in [3.63, 3.8) is 0 Å². The van der Waals surface area contributed by atoms with Crippen LogP contribution < -0.4 is 5.48 Å². The lowest BCUT2D eigenvalue weighted by Crippen LogP contribution is -2.43. The molecule has 2 amide bonds. The van der Waals surface area contributed by atoms with E-state index in [1.165, 1.54) is 11.1 Å². The largest absolute Gasteiger partial charge is 0.382 e. The number of carbonyl (C=O) groups excluding carboxylic acids is 3. The zero-order valence-corrected chi connectivity index (χ0v) is 23.5. The average Bonchev–Trinajstić information content (AvgIpc) is 2.99. The molecule has 1 N–H and O–H groups in total. The van der Waals surface area contributed by atoms with Crippen LogP contribution in [0.5, 0.6) is 0 Å². The number of hydroxylamine groups is 1. The third kappa shape index (κ3) is 11.9. The molecule has 1 aliphatic rings. The molecule has 0 radical (unpaired) electrons. The van der Waals surface area contributed by atoms with Gasteiger partial charge in [-0.05, 0) is 55.2 Å². The van der Waals surface area contributed by atoms with E-state index in [4.69, 9.17) is 19.0 Å². The van der Waals surface area contributed by atoms with Gasteiger partial charge in [0.05, 0.1) is 38.8 Å². The molecule has 9 heteroatoms. The Balaban J connectivity index is 1.25. The number of nitrogens with zero attached hydrogens (tertiary/aromatic N) is 1. The van der Waals surface area contributed by atoms with Crippen LogP contribution in [0.25, 0.3) is 0 Å². The van der Waals surface area contributed by atoms with Gasteiger partial charge in [0.15, 0.2) is 0 Å². The maximum atomic E-state index is 12.4. The number of piperidine rings is 1. The Labute approximate surface area is 237 Å². The third-order valence-electron chi connectivity index (χ3n) is 6.89. The third-order valence-corrected chi connectivity index (χ3v) is 6.89. The molecule has 1 heterocycles. The molecule has 0 spiro atoms. The van der Waals surface area contributed by atoms with Crippen LogP contribution in [0.1, 0.15) is 42.4 Å². The molecule has 0 aliphatic carbocycles. The molecule has 2 aromatic rings. The van der Waals surface area contributed by atoms with Crippen LogP contribution in [0.4, 0.5) is 0 Å². The summed E-state index contributed by atoms with van der Waals surface area (Å²) in [6, 6.07) is 18.5. The predicted octanol–water partition coefficient (Wildman–Crippen LogP) is 3.29. The van der Waals surface area contributed by atoms with Crippen molar-refractivity contribution in [2.45, 2.75) is 44.9 Å². The zero-order chi connectivity index (χ0) is 28.4. The number of aryl methyl sites for hydroxylation is 2. The summed E-state index contributed by atoms with van der Waals surface area (Å²) in [5.74, 6) is -1.33. The fraction of sp³-hybridized carbons (Fsp3) is 0.516. The Morgan fingerprint density at radius 2 is 1.40 bits per heavy atom. The quantitative estimate of drug-likeness (QED) is 0.251. The van der Waals surface area contributed by atoms with E-state index in [9.17, 15) is 14.4 Å². The fourth-order valence-corrected chi connectivity index (χ4v) is 4.52. The number of amides is 2. The number of carbonyl (C=O) groups is 3. The van der Waals surface area contributed by atoms with Crippen LogP contribution in [-0.2, 0) is 52.7 Å². The summed E-state index contributed by atoms with van der Waals surface area (Å²) in [6.07, 6.45) is 5.41. The van der Waals surface area contributed by atoms with Gasteiger partial charge in [-0.1, -0.05) is 54.6 Å². The summed E-state index contributed by atoms with van der Waals surface area (Å²) >= 11 is 0. The first kappa shape index (κ1) is 31.3. The number of methoxy groups -OCH3 is 1. The van der Waals surface area contributed by atoms with Gasteiger partial charge in [0.2, 0.25) is 5.91 Å². The van der Waals surface area contributed by atoms with Gasteiger partial charge in [0, 0.05) is 20.2 Å². The van der Waals surface area contributed by atoms with E-state index in [1.807, 2.05) is 30.3 Å². The van der Waals surface area contributed by atoms with E-state index >= 15 is 0 Å². The molecule has 0 atom stereocenters. The molecule has 40 heavy (non-hydrogen) atoms. The van der Waals surface area contributed by atoms with Gasteiger partial charge < -0.3 is 23.9 Å². The summed E-state index contributed by atoms with van der Waals surface area (Å²) in [5.41, 5.74) is 5.74. The second kappa shape index (κ2) is 18.1. The minimum Gasteiger partial charge on any atom is -0.382 e. The van der Waals surface area contributed by atoms with E-state index in [-0.39, 0.29) is 30.8 Å². The van der Waals surface area contributed by atoms with Crippen LogP contribution in [-0.4, -0.2) is 75.9 Å². The van der Waals surface area contributed by atoms with E-state index in [1.54, 1.807) is 12.0 Å². The number of hydrogen-bond acceptors (Lipinski definition) is 7. The highest BCUT2D eigenvalue weighted by Gasteiger charge is 2.29. The van der Waals surface area contributed by atoms with Gasteiger partial charge in [-0.15, -0.1) is 0 Å². The van der Waals surface area contributed by atoms with Crippen molar-refractivity contribution >= 4 is 17.8 Å². The summed E-state index contributed by atoms with van der Waals surface area (Å²) in [6.45, 7) is 2.60. The minimum atomic E-state index is -0.476. The second-order valence-corrected chi connectivity index (χ2v) is 9.95. The molecule has 9 nitrogen and oxygen atoms in total. The van der Waals surface area contributed by atoms with Gasteiger partial charge in [-0.3, -0.25) is 9.59 Å². The monoisotopic (exact) mass is 554 g/mol. The van der Waals surface area contributed by atoms with Gasteiger partial charge in [0.1, 0.15) is 6.61 Å². The van der Waals surface area contributed by atoms with Crippen molar-refractivity contribution in [2.24, 2.45) is 5.92 Å². The normalized spacial score (nSPS) is 13.7. The first-order chi connectivity index (χ1) is 19.5. The van der Waals surface area contributed by atoms with Crippen molar-refractivity contribution < 1.29 is 33.4 Å². The number of likely N-dealkylation sites (tertiary alicyclic amines) is 1. The van der Waals surface area contributed by atoms with Crippen LogP contribution in [0.15, 0.2) is 54.6 Å². The van der Waals surface area contributed by atoms with Gasteiger partial charge in [-0.2, -0.15) is 5.48 Å². The van der Waals surface area contributed by atoms with Gasteiger partial charge >= 0.3 is 5.97 Å². The summed E-state index contributed by atoms with van der Waals surface area (Å²) < 4.78 is 15.5. The maximum Gasteiger partial charge on any atom is 0.335 e. The lowest BCUT2D eigenvalue weighted by Gasteiger charge is -2.30. The number of rotatable bonds is 16. The SMILES string of the molecule is COCCOCCOCC(=O)N1CCC(C(=O)ONC(=O)Cc2ccc(CCCCc3ccccc3)cc2)CC1. The Bertz CT molecular complexity index is 1020. The van der Waals surface area contributed by atoms with Crippen LogP contribution in [0.2, 0.25) is 0 Å². The molecular weight excluding hydrogens is 512 g/mol. The molecular formula is C31H42N2O7. The number of ether oxygens (including phenoxy) is 3. The fourth-order valence-electron chi connectivity index (χ4n) is 4.52. The molecule has 2 aromatic carbocycles.